The first-order chi connectivity index (χ1) is 15.1. The van der Waals surface area contributed by atoms with E-state index >= 15 is 4.39 Å². The first kappa shape index (κ1) is 24.2. The molecule has 2 aliphatic carbocycles. The number of carbonyl (C=O) groups is 4. The minimum Gasteiger partial charge on any atom is -0.465 e. The first-order valence-electron chi connectivity index (χ1n) is 10.2. The second-order valence-electron chi connectivity index (χ2n) is 7.77. The maximum Gasteiger partial charge on any atom is 0.325 e. The van der Waals surface area contributed by atoms with E-state index in [9.17, 15) is 19.2 Å². The van der Waals surface area contributed by atoms with Gasteiger partial charge in [-0.05, 0) is 56.9 Å². The Morgan fingerprint density at radius 2 is 1.84 bits per heavy atom. The van der Waals surface area contributed by atoms with E-state index in [2.05, 4.69) is 0 Å². The van der Waals surface area contributed by atoms with Crippen LogP contribution in [-0.4, -0.2) is 64.9 Å². The Balaban J connectivity index is 2.10. The van der Waals surface area contributed by atoms with E-state index in [0.29, 0.717) is 24.0 Å². The first-order valence-corrected chi connectivity index (χ1v) is 11.0. The number of allylic oxidation sites excluding steroid dienone is 2. The van der Waals surface area contributed by atoms with Crippen LogP contribution in [-0.2, 0) is 23.9 Å². The van der Waals surface area contributed by atoms with Crippen molar-refractivity contribution in [2.75, 3.05) is 20.2 Å². The van der Waals surface area contributed by atoms with Crippen molar-refractivity contribution in [2.45, 2.75) is 43.8 Å². The van der Waals surface area contributed by atoms with E-state index in [1.165, 1.54) is 19.2 Å². The van der Waals surface area contributed by atoms with Crippen LogP contribution < -0.4 is 0 Å². The topological polar surface area (TPSA) is 84.0 Å². The number of hydrogen-bond donors (Lipinski definition) is 0. The van der Waals surface area contributed by atoms with Crippen molar-refractivity contribution in [3.05, 3.63) is 46.0 Å². The number of rotatable bonds is 6. The van der Waals surface area contributed by atoms with Gasteiger partial charge in [-0.15, -0.1) is 0 Å². The highest BCUT2D eigenvalue weighted by Gasteiger charge is 2.64. The Morgan fingerprint density at radius 3 is 2.38 bits per heavy atom. The molecule has 1 heterocycles. The number of amides is 3. The van der Waals surface area contributed by atoms with Crippen molar-refractivity contribution in [1.82, 2.24) is 9.80 Å². The van der Waals surface area contributed by atoms with Gasteiger partial charge in [0.05, 0.1) is 6.61 Å². The molecule has 0 saturated heterocycles. The van der Waals surface area contributed by atoms with E-state index in [0.717, 1.165) is 40.3 Å². The van der Waals surface area contributed by atoms with Crippen molar-refractivity contribution in [3.8, 4) is 0 Å². The Bertz CT molecular complexity index is 961. The fourth-order valence-electron chi connectivity index (χ4n) is 4.32. The van der Waals surface area contributed by atoms with Crippen molar-refractivity contribution in [2.24, 2.45) is 0 Å². The molecule has 7 nitrogen and oxygen atoms in total. The molecule has 2 unspecified atom stereocenters. The smallest absolute Gasteiger partial charge is 0.325 e. The highest BCUT2D eigenvalue weighted by molar-refractivity contribution is 6.32. The number of hydrogen-bond acceptors (Lipinski definition) is 5. The number of ether oxygens (including phenoxy) is 1. The largest absolute Gasteiger partial charge is 0.465 e. The van der Waals surface area contributed by atoms with E-state index in [1.54, 1.807) is 6.92 Å². The Morgan fingerprint density at radius 1 is 1.25 bits per heavy atom. The van der Waals surface area contributed by atoms with Gasteiger partial charge in [0.25, 0.3) is 17.7 Å². The maximum atomic E-state index is 16.9. The molecule has 32 heavy (non-hydrogen) atoms. The van der Waals surface area contributed by atoms with Gasteiger partial charge in [0.2, 0.25) is 5.67 Å². The average Bonchev–Trinajstić information content (AvgIpc) is 3.01. The van der Waals surface area contributed by atoms with Crippen LogP contribution in [0.3, 0.4) is 0 Å². The van der Waals surface area contributed by atoms with Gasteiger partial charge in [0.15, 0.2) is 0 Å². The fraction of sp³-hybridized carbons (Fsp3) is 0.455. The van der Waals surface area contributed by atoms with Crippen molar-refractivity contribution >= 4 is 46.9 Å². The highest BCUT2D eigenvalue weighted by Crippen LogP contribution is 2.47. The standard InChI is InChI=1S/C22H23Cl2FN2O5/c1-3-32-17(28)13-26(2)20(31)22(25)12-14(24)8-9-21(22,10-11-23)27-18(29)15-6-4-5-7-16(15)19(27)30/h8-12H,3-7,13H2,1-2H3. The van der Waals surface area contributed by atoms with Crippen molar-refractivity contribution < 1.29 is 28.3 Å². The number of nitrogens with zero attached hydrogens (tertiary/aromatic N) is 2. The molecule has 0 bridgehead atoms. The number of esters is 1. The lowest BCUT2D eigenvalue weighted by molar-refractivity contribution is -0.158. The average molecular weight is 485 g/mol. The van der Waals surface area contributed by atoms with Crippen LogP contribution in [0.2, 0.25) is 0 Å². The zero-order chi connectivity index (χ0) is 23.7. The minimum absolute atomic E-state index is 0.0863. The van der Waals surface area contributed by atoms with Crippen LogP contribution in [0, 0.1) is 0 Å². The summed E-state index contributed by atoms with van der Waals surface area (Å²) < 4.78 is 21.7. The summed E-state index contributed by atoms with van der Waals surface area (Å²) in [5, 5.41) is -0.110. The van der Waals surface area contributed by atoms with Gasteiger partial charge in [-0.25, -0.2) is 4.39 Å². The minimum atomic E-state index is -3.02. The van der Waals surface area contributed by atoms with Gasteiger partial charge in [-0.3, -0.25) is 24.1 Å². The Kier molecular flexibility index (Phi) is 6.95. The molecule has 172 valence electrons. The third-order valence-corrected chi connectivity index (χ3v) is 6.18. The molecular formula is C22H23Cl2FN2O5. The van der Waals surface area contributed by atoms with Crippen LogP contribution in [0.15, 0.2) is 46.0 Å². The molecule has 3 aliphatic rings. The number of alkyl halides is 1. The Labute approximate surface area is 195 Å². The predicted octanol–water partition coefficient (Wildman–Crippen LogP) is 3.14. The molecule has 0 spiro atoms. The van der Waals surface area contributed by atoms with Gasteiger partial charge < -0.3 is 9.64 Å². The summed E-state index contributed by atoms with van der Waals surface area (Å²) in [5.41, 5.74) is -3.63. The number of imide groups is 1. The number of carbonyl (C=O) groups excluding carboxylic acids is 4. The lowest BCUT2D eigenvalue weighted by atomic mass is 9.75. The van der Waals surface area contributed by atoms with Crippen molar-refractivity contribution in [3.63, 3.8) is 0 Å². The Hall–Kier alpha value is -2.45. The van der Waals surface area contributed by atoms with Crippen LogP contribution in [0.25, 0.3) is 0 Å². The normalized spacial score (nSPS) is 27.7. The predicted molar refractivity (Wildman–Crippen MR) is 116 cm³/mol. The van der Waals surface area contributed by atoms with Crippen molar-refractivity contribution in [1.29, 1.82) is 0 Å². The third kappa shape index (κ3) is 3.79. The number of likely N-dealkylation sites (N-methyl/N-ethyl adjacent to an activating group) is 1. The van der Waals surface area contributed by atoms with Gasteiger partial charge in [-0.2, -0.15) is 0 Å². The lowest BCUT2D eigenvalue weighted by Gasteiger charge is -2.46. The lowest BCUT2D eigenvalue weighted by Crippen LogP contribution is -2.67. The maximum absolute atomic E-state index is 16.9. The summed E-state index contributed by atoms with van der Waals surface area (Å²) in [5.74, 6) is -3.26. The van der Waals surface area contributed by atoms with Crippen LogP contribution in [0.5, 0.6) is 0 Å². The van der Waals surface area contributed by atoms with Crippen LogP contribution in [0.1, 0.15) is 32.6 Å². The molecular weight excluding hydrogens is 462 g/mol. The van der Waals surface area contributed by atoms with Crippen LogP contribution >= 0.6 is 23.2 Å². The van der Waals surface area contributed by atoms with E-state index in [-0.39, 0.29) is 11.6 Å². The molecule has 3 rings (SSSR count). The molecule has 1 aliphatic heterocycles. The molecule has 0 radical (unpaired) electrons. The van der Waals surface area contributed by atoms with Crippen LogP contribution in [0.4, 0.5) is 4.39 Å². The summed E-state index contributed by atoms with van der Waals surface area (Å²) >= 11 is 11.9. The monoisotopic (exact) mass is 484 g/mol. The summed E-state index contributed by atoms with van der Waals surface area (Å²) in [6.45, 7) is 1.15. The summed E-state index contributed by atoms with van der Waals surface area (Å²) in [6.07, 6.45) is 6.63. The van der Waals surface area contributed by atoms with E-state index in [1.807, 2.05) is 0 Å². The third-order valence-electron chi connectivity index (χ3n) is 5.82. The molecule has 0 aromatic carbocycles. The SMILES string of the molecule is CCOC(=O)CN(C)C(=O)C1(F)C=C(Cl)C=CC1(C=CCl)N1C(=O)C2=C(CCCC2)C1=O. The van der Waals surface area contributed by atoms with Gasteiger partial charge in [-0.1, -0.05) is 23.2 Å². The highest BCUT2D eigenvalue weighted by atomic mass is 35.5. The summed E-state index contributed by atoms with van der Waals surface area (Å²) in [4.78, 5) is 53.3. The molecule has 10 heteroatoms. The van der Waals surface area contributed by atoms with Gasteiger partial charge in [0.1, 0.15) is 12.1 Å². The van der Waals surface area contributed by atoms with Gasteiger partial charge >= 0.3 is 5.97 Å². The van der Waals surface area contributed by atoms with E-state index in [4.69, 9.17) is 27.9 Å². The molecule has 0 N–H and O–H groups in total. The second-order valence-corrected chi connectivity index (χ2v) is 8.46. The number of halogens is 3. The summed E-state index contributed by atoms with van der Waals surface area (Å²) in [7, 11) is 1.21. The van der Waals surface area contributed by atoms with Gasteiger partial charge in [0, 0.05) is 28.8 Å². The fourth-order valence-corrected chi connectivity index (χ4v) is 4.73. The van der Waals surface area contributed by atoms with E-state index < -0.39 is 41.4 Å². The quantitative estimate of drug-likeness (QED) is 0.427. The molecule has 0 aromatic heterocycles. The molecule has 3 amide bonds. The zero-order valence-corrected chi connectivity index (χ0v) is 19.2. The summed E-state index contributed by atoms with van der Waals surface area (Å²) in [6, 6.07) is 0. The molecule has 0 aromatic rings. The zero-order valence-electron chi connectivity index (χ0n) is 17.7. The second kappa shape index (κ2) is 9.19. The molecule has 2 atom stereocenters. The molecule has 0 saturated carbocycles. The molecule has 0 fully saturated rings.